The number of hydrogen-bond acceptors (Lipinski definition) is 0. The fourth-order valence-corrected chi connectivity index (χ4v) is 1.85. The van der Waals surface area contributed by atoms with Gasteiger partial charge in [-0.25, -0.2) is 4.39 Å². The fourth-order valence-electron chi connectivity index (χ4n) is 1.85. The first-order valence-electron chi connectivity index (χ1n) is 6.03. The van der Waals surface area contributed by atoms with E-state index in [2.05, 4.69) is 26.8 Å². The summed E-state index contributed by atoms with van der Waals surface area (Å²) < 4.78 is 13.5. The molecule has 3 atom stereocenters. The van der Waals surface area contributed by atoms with Gasteiger partial charge in [-0.3, -0.25) is 0 Å². The Labute approximate surface area is 93.3 Å². The van der Waals surface area contributed by atoms with Gasteiger partial charge in [0.2, 0.25) is 0 Å². The summed E-state index contributed by atoms with van der Waals surface area (Å²) in [6, 6.07) is 0. The molecule has 0 nitrogen and oxygen atoms in total. The van der Waals surface area contributed by atoms with Crippen LogP contribution in [-0.4, -0.2) is 6.17 Å². The zero-order valence-corrected chi connectivity index (χ0v) is 10.3. The largest absolute Gasteiger partial charge is 0.243 e. The minimum absolute atomic E-state index is 0.109. The van der Waals surface area contributed by atoms with E-state index < -0.39 is 6.17 Å². The zero-order chi connectivity index (χ0) is 11.4. The van der Waals surface area contributed by atoms with E-state index >= 15 is 0 Å². The highest BCUT2D eigenvalue weighted by atomic mass is 19.1. The van der Waals surface area contributed by atoms with E-state index in [4.69, 9.17) is 0 Å². The van der Waals surface area contributed by atoms with Crippen LogP contribution in [0.4, 0.5) is 4.39 Å². The lowest BCUT2D eigenvalue weighted by atomic mass is 9.91. The van der Waals surface area contributed by atoms with Crippen LogP contribution in [0.25, 0.3) is 0 Å². The van der Waals surface area contributed by atoms with Gasteiger partial charge < -0.3 is 0 Å². The maximum absolute atomic E-state index is 13.5. The van der Waals surface area contributed by atoms with Gasteiger partial charge in [-0.15, -0.1) is 0 Å². The molecule has 0 heterocycles. The van der Waals surface area contributed by atoms with Crippen molar-refractivity contribution < 1.29 is 4.39 Å². The van der Waals surface area contributed by atoms with Crippen LogP contribution in [-0.2, 0) is 0 Å². The molecule has 0 saturated carbocycles. The SMILES string of the molecule is CC(C)CCC1=CC(C)C(C)C(F)C=C1. The molecule has 0 N–H and O–H groups in total. The van der Waals surface area contributed by atoms with Gasteiger partial charge in [0.25, 0.3) is 0 Å². The third-order valence-corrected chi connectivity index (χ3v) is 3.31. The van der Waals surface area contributed by atoms with E-state index in [1.165, 1.54) is 12.0 Å². The highest BCUT2D eigenvalue weighted by Gasteiger charge is 2.21. The molecule has 0 aromatic rings. The van der Waals surface area contributed by atoms with Crippen molar-refractivity contribution >= 4 is 0 Å². The second kappa shape index (κ2) is 5.48. The molecule has 0 amide bonds. The van der Waals surface area contributed by atoms with Crippen LogP contribution in [0, 0.1) is 17.8 Å². The van der Waals surface area contributed by atoms with Crippen molar-refractivity contribution in [3.63, 3.8) is 0 Å². The Morgan fingerprint density at radius 3 is 2.60 bits per heavy atom. The summed E-state index contributed by atoms with van der Waals surface area (Å²) in [6.07, 6.45) is 7.43. The topological polar surface area (TPSA) is 0 Å². The molecule has 0 aromatic heterocycles. The predicted molar refractivity (Wildman–Crippen MR) is 64.5 cm³/mol. The van der Waals surface area contributed by atoms with Crippen LogP contribution in [0.3, 0.4) is 0 Å². The van der Waals surface area contributed by atoms with Crippen molar-refractivity contribution in [3.05, 3.63) is 23.8 Å². The molecule has 0 radical (unpaired) electrons. The van der Waals surface area contributed by atoms with Gasteiger partial charge in [0.15, 0.2) is 0 Å². The highest BCUT2D eigenvalue weighted by Crippen LogP contribution is 2.27. The number of rotatable bonds is 3. The molecular formula is C14H23F. The Morgan fingerprint density at radius 2 is 2.00 bits per heavy atom. The van der Waals surface area contributed by atoms with Crippen molar-refractivity contribution in [2.45, 2.75) is 46.7 Å². The van der Waals surface area contributed by atoms with Gasteiger partial charge in [0.1, 0.15) is 6.17 Å². The molecule has 1 rings (SSSR count). The van der Waals surface area contributed by atoms with Crippen LogP contribution < -0.4 is 0 Å². The van der Waals surface area contributed by atoms with Gasteiger partial charge in [0.05, 0.1) is 0 Å². The van der Waals surface area contributed by atoms with Crippen molar-refractivity contribution in [2.24, 2.45) is 17.8 Å². The first-order chi connectivity index (χ1) is 7.00. The van der Waals surface area contributed by atoms with E-state index in [-0.39, 0.29) is 5.92 Å². The molecule has 3 unspecified atom stereocenters. The summed E-state index contributed by atoms with van der Waals surface area (Å²) in [5.41, 5.74) is 1.31. The number of halogens is 1. The maximum Gasteiger partial charge on any atom is 0.122 e. The summed E-state index contributed by atoms with van der Waals surface area (Å²) in [7, 11) is 0. The smallest absolute Gasteiger partial charge is 0.122 e. The van der Waals surface area contributed by atoms with Crippen molar-refractivity contribution in [3.8, 4) is 0 Å². The van der Waals surface area contributed by atoms with Gasteiger partial charge in [0, 0.05) is 0 Å². The third-order valence-electron chi connectivity index (χ3n) is 3.31. The summed E-state index contributed by atoms with van der Waals surface area (Å²) in [5, 5.41) is 0. The molecule has 86 valence electrons. The predicted octanol–water partition coefficient (Wildman–Crippen LogP) is 4.53. The molecule has 0 aromatic carbocycles. The fraction of sp³-hybridized carbons (Fsp3) is 0.714. The lowest BCUT2D eigenvalue weighted by Gasteiger charge is -2.16. The van der Waals surface area contributed by atoms with E-state index in [0.717, 1.165) is 12.3 Å². The Hall–Kier alpha value is -0.590. The zero-order valence-electron chi connectivity index (χ0n) is 10.3. The number of allylic oxidation sites excluding steroid dienone is 4. The summed E-state index contributed by atoms with van der Waals surface area (Å²) >= 11 is 0. The van der Waals surface area contributed by atoms with Gasteiger partial charge in [-0.2, -0.15) is 0 Å². The van der Waals surface area contributed by atoms with Crippen LogP contribution in [0.2, 0.25) is 0 Å². The Kier molecular flexibility index (Phi) is 4.56. The Bertz CT molecular complexity index is 250. The Morgan fingerprint density at radius 1 is 1.33 bits per heavy atom. The van der Waals surface area contributed by atoms with E-state index in [1.807, 2.05) is 13.0 Å². The molecule has 1 aliphatic rings. The molecular weight excluding hydrogens is 187 g/mol. The molecule has 1 heteroatoms. The average Bonchev–Trinajstić information content (AvgIpc) is 2.29. The number of alkyl halides is 1. The normalized spacial score (nSPS) is 31.6. The highest BCUT2D eigenvalue weighted by molar-refractivity contribution is 5.23. The van der Waals surface area contributed by atoms with E-state index in [1.54, 1.807) is 6.08 Å². The quantitative estimate of drug-likeness (QED) is 0.642. The van der Waals surface area contributed by atoms with Crippen LogP contribution >= 0.6 is 0 Å². The number of hydrogen-bond donors (Lipinski definition) is 0. The second-order valence-electron chi connectivity index (χ2n) is 5.20. The van der Waals surface area contributed by atoms with Crippen LogP contribution in [0.5, 0.6) is 0 Å². The molecule has 0 aliphatic heterocycles. The second-order valence-corrected chi connectivity index (χ2v) is 5.20. The first kappa shape index (κ1) is 12.5. The van der Waals surface area contributed by atoms with E-state index in [9.17, 15) is 4.39 Å². The summed E-state index contributed by atoms with van der Waals surface area (Å²) in [6.45, 7) is 8.55. The molecule has 1 aliphatic carbocycles. The maximum atomic E-state index is 13.5. The molecule has 15 heavy (non-hydrogen) atoms. The van der Waals surface area contributed by atoms with Crippen molar-refractivity contribution in [1.82, 2.24) is 0 Å². The van der Waals surface area contributed by atoms with Gasteiger partial charge in [-0.1, -0.05) is 51.5 Å². The monoisotopic (exact) mass is 210 g/mol. The van der Waals surface area contributed by atoms with Crippen LogP contribution in [0.1, 0.15) is 40.5 Å². The van der Waals surface area contributed by atoms with Crippen LogP contribution in [0.15, 0.2) is 23.8 Å². The molecule has 0 fully saturated rings. The summed E-state index contributed by atoms with van der Waals surface area (Å²) in [5.74, 6) is 1.17. The molecule has 0 spiro atoms. The third kappa shape index (κ3) is 3.81. The average molecular weight is 210 g/mol. The van der Waals surface area contributed by atoms with Gasteiger partial charge in [-0.05, 0) is 30.6 Å². The molecule has 0 bridgehead atoms. The minimum Gasteiger partial charge on any atom is -0.243 e. The summed E-state index contributed by atoms with van der Waals surface area (Å²) in [4.78, 5) is 0. The standard InChI is InChI=1S/C14H23F/c1-10(2)5-6-13-7-8-14(15)12(4)11(3)9-13/h7-12,14H,5-6H2,1-4H3. The lowest BCUT2D eigenvalue weighted by Crippen LogP contribution is -2.15. The van der Waals surface area contributed by atoms with Crippen molar-refractivity contribution in [2.75, 3.05) is 0 Å². The molecule has 0 saturated heterocycles. The van der Waals surface area contributed by atoms with Gasteiger partial charge >= 0.3 is 0 Å². The van der Waals surface area contributed by atoms with E-state index in [0.29, 0.717) is 5.92 Å². The minimum atomic E-state index is -0.784. The van der Waals surface area contributed by atoms with Crippen molar-refractivity contribution in [1.29, 1.82) is 0 Å². The Balaban J connectivity index is 2.63. The first-order valence-corrected chi connectivity index (χ1v) is 6.03. The lowest BCUT2D eigenvalue weighted by molar-refractivity contribution is 0.258.